The molecule has 2 heterocycles. The first-order chi connectivity index (χ1) is 12.3. The Kier molecular flexibility index (Phi) is 4.11. The molecule has 6 heteroatoms. The molecule has 0 saturated carbocycles. The number of fused-ring (bicyclic) bond motifs is 1. The summed E-state index contributed by atoms with van der Waals surface area (Å²) in [5, 5.41) is 10.3. The third kappa shape index (κ3) is 2.96. The summed E-state index contributed by atoms with van der Waals surface area (Å²) in [6.45, 7) is 0. The Morgan fingerprint density at radius 3 is 2.60 bits per heavy atom. The van der Waals surface area contributed by atoms with Crippen LogP contribution in [0.25, 0.3) is 11.0 Å². The van der Waals surface area contributed by atoms with Crippen molar-refractivity contribution in [1.82, 2.24) is 20.3 Å². The van der Waals surface area contributed by atoms with Gasteiger partial charge in [0.25, 0.3) is 0 Å². The van der Waals surface area contributed by atoms with Crippen molar-refractivity contribution in [3.8, 4) is 0 Å². The van der Waals surface area contributed by atoms with Gasteiger partial charge in [0.05, 0.1) is 22.8 Å². The van der Waals surface area contributed by atoms with Gasteiger partial charge in [-0.15, -0.1) is 0 Å². The van der Waals surface area contributed by atoms with Gasteiger partial charge in [0.2, 0.25) is 0 Å². The summed E-state index contributed by atoms with van der Waals surface area (Å²) < 4.78 is 0. The van der Waals surface area contributed by atoms with E-state index in [0.717, 1.165) is 34.3 Å². The van der Waals surface area contributed by atoms with Crippen molar-refractivity contribution in [2.75, 3.05) is 7.05 Å². The maximum absolute atomic E-state index is 5.47. The number of rotatable bonds is 2. The van der Waals surface area contributed by atoms with E-state index < -0.39 is 0 Å². The molecule has 0 saturated heterocycles. The van der Waals surface area contributed by atoms with Crippen LogP contribution in [0.1, 0.15) is 23.6 Å². The fourth-order valence-electron chi connectivity index (χ4n) is 3.06. The Bertz CT molecular complexity index is 954. The first kappa shape index (κ1) is 15.7. The van der Waals surface area contributed by atoms with Crippen LogP contribution in [0.5, 0.6) is 0 Å². The van der Waals surface area contributed by atoms with E-state index in [2.05, 4.69) is 39.6 Å². The number of hydrogen-bond donors (Lipinski definition) is 1. The summed E-state index contributed by atoms with van der Waals surface area (Å²) in [6, 6.07) is 16.4. The highest BCUT2D eigenvalue weighted by molar-refractivity contribution is 7.80. The molecule has 0 bridgehead atoms. The van der Waals surface area contributed by atoms with Crippen LogP contribution >= 0.6 is 12.2 Å². The number of thiocarbonyl (C=S) groups is 1. The lowest BCUT2D eigenvalue weighted by atomic mass is 9.98. The fourth-order valence-corrected chi connectivity index (χ4v) is 3.23. The van der Waals surface area contributed by atoms with Crippen molar-refractivity contribution in [2.45, 2.75) is 12.5 Å². The van der Waals surface area contributed by atoms with Crippen molar-refractivity contribution >= 4 is 34.1 Å². The SMILES string of the molecule is CNC(=S)N1N=C(c2ccccc2)CC1c1ccc2nccnc2c1. The fraction of sp³-hybridized carbons (Fsp3) is 0.158. The van der Waals surface area contributed by atoms with Crippen molar-refractivity contribution in [3.05, 3.63) is 72.1 Å². The smallest absolute Gasteiger partial charge is 0.189 e. The molecule has 4 rings (SSSR count). The van der Waals surface area contributed by atoms with E-state index >= 15 is 0 Å². The highest BCUT2D eigenvalue weighted by Crippen LogP contribution is 2.33. The number of nitrogens with one attached hydrogen (secondary N) is 1. The highest BCUT2D eigenvalue weighted by Gasteiger charge is 2.31. The van der Waals surface area contributed by atoms with Crippen LogP contribution < -0.4 is 5.32 Å². The molecule has 1 N–H and O–H groups in total. The van der Waals surface area contributed by atoms with Crippen LogP contribution in [-0.4, -0.2) is 32.8 Å². The van der Waals surface area contributed by atoms with Crippen molar-refractivity contribution in [1.29, 1.82) is 0 Å². The maximum Gasteiger partial charge on any atom is 0.189 e. The summed E-state index contributed by atoms with van der Waals surface area (Å²) in [5.74, 6) is 0. The van der Waals surface area contributed by atoms with Crippen molar-refractivity contribution < 1.29 is 0 Å². The monoisotopic (exact) mass is 347 g/mol. The largest absolute Gasteiger partial charge is 0.364 e. The predicted octanol–water partition coefficient (Wildman–Crippen LogP) is 3.29. The van der Waals surface area contributed by atoms with E-state index in [4.69, 9.17) is 17.3 Å². The second kappa shape index (κ2) is 6.57. The lowest BCUT2D eigenvalue weighted by Gasteiger charge is -2.23. The van der Waals surface area contributed by atoms with E-state index in [0.29, 0.717) is 5.11 Å². The normalized spacial score (nSPS) is 16.8. The second-order valence-electron chi connectivity index (χ2n) is 5.84. The minimum absolute atomic E-state index is 0.0431. The van der Waals surface area contributed by atoms with Crippen LogP contribution in [-0.2, 0) is 0 Å². The van der Waals surface area contributed by atoms with Crippen LogP contribution in [0.4, 0.5) is 0 Å². The Hall–Kier alpha value is -2.86. The molecule has 1 unspecified atom stereocenters. The van der Waals surface area contributed by atoms with Gasteiger partial charge in [0.15, 0.2) is 5.11 Å². The van der Waals surface area contributed by atoms with Crippen molar-refractivity contribution in [2.24, 2.45) is 5.10 Å². The lowest BCUT2D eigenvalue weighted by molar-refractivity contribution is 0.367. The topological polar surface area (TPSA) is 53.4 Å². The van der Waals surface area contributed by atoms with Gasteiger partial charge in [-0.1, -0.05) is 36.4 Å². The second-order valence-corrected chi connectivity index (χ2v) is 6.22. The van der Waals surface area contributed by atoms with Gasteiger partial charge in [0.1, 0.15) is 0 Å². The number of hydrogen-bond acceptors (Lipinski definition) is 4. The minimum atomic E-state index is 0.0431. The molecule has 25 heavy (non-hydrogen) atoms. The summed E-state index contributed by atoms with van der Waals surface area (Å²) in [4.78, 5) is 8.75. The molecule has 0 radical (unpaired) electrons. The van der Waals surface area contributed by atoms with Gasteiger partial charge in [-0.05, 0) is 35.5 Å². The molecular weight excluding hydrogens is 330 g/mol. The zero-order valence-electron chi connectivity index (χ0n) is 13.8. The molecule has 0 spiro atoms. The molecule has 1 aliphatic rings. The van der Waals surface area contributed by atoms with Crippen LogP contribution in [0, 0.1) is 0 Å². The zero-order valence-corrected chi connectivity index (χ0v) is 14.6. The summed E-state index contributed by atoms with van der Waals surface area (Å²) in [6.07, 6.45) is 4.21. The molecule has 124 valence electrons. The van der Waals surface area contributed by atoms with Gasteiger partial charge >= 0.3 is 0 Å². The van der Waals surface area contributed by atoms with E-state index in [9.17, 15) is 0 Å². The van der Waals surface area contributed by atoms with Gasteiger partial charge in [-0.2, -0.15) is 5.10 Å². The Morgan fingerprint density at radius 1 is 1.08 bits per heavy atom. The molecule has 5 nitrogen and oxygen atoms in total. The third-order valence-corrected chi connectivity index (χ3v) is 4.71. The van der Waals surface area contributed by atoms with E-state index in [1.165, 1.54) is 0 Å². The molecular formula is C19H17N5S. The Morgan fingerprint density at radius 2 is 1.84 bits per heavy atom. The molecule has 0 aliphatic carbocycles. The first-order valence-corrected chi connectivity index (χ1v) is 8.51. The average molecular weight is 347 g/mol. The maximum atomic E-state index is 5.47. The van der Waals surface area contributed by atoms with Gasteiger partial charge in [-0.3, -0.25) is 9.97 Å². The van der Waals surface area contributed by atoms with Crippen LogP contribution in [0.15, 0.2) is 66.0 Å². The van der Waals surface area contributed by atoms with Crippen molar-refractivity contribution in [3.63, 3.8) is 0 Å². The number of benzene rings is 2. The number of aromatic nitrogens is 2. The first-order valence-electron chi connectivity index (χ1n) is 8.11. The molecule has 0 fully saturated rings. The molecule has 1 aliphatic heterocycles. The van der Waals surface area contributed by atoms with Gasteiger partial charge < -0.3 is 5.32 Å². The Balaban J connectivity index is 1.73. The minimum Gasteiger partial charge on any atom is -0.364 e. The standard InChI is InChI=1S/C19H17N5S/c1-20-19(25)24-18(12-16(23-24)13-5-3-2-4-6-13)14-7-8-15-17(11-14)22-10-9-21-15/h2-11,18H,12H2,1H3,(H,20,25). The van der Waals surface area contributed by atoms with E-state index in [-0.39, 0.29) is 6.04 Å². The number of hydrazone groups is 1. The highest BCUT2D eigenvalue weighted by atomic mass is 32.1. The van der Waals surface area contributed by atoms with Gasteiger partial charge in [-0.25, -0.2) is 5.01 Å². The predicted molar refractivity (Wildman–Crippen MR) is 103 cm³/mol. The molecule has 1 aromatic heterocycles. The van der Waals surface area contributed by atoms with Crippen LogP contribution in [0.3, 0.4) is 0 Å². The lowest BCUT2D eigenvalue weighted by Crippen LogP contribution is -2.34. The van der Waals surface area contributed by atoms with Gasteiger partial charge in [0, 0.05) is 25.9 Å². The van der Waals surface area contributed by atoms with E-state index in [1.54, 1.807) is 12.4 Å². The van der Waals surface area contributed by atoms with Crippen LogP contribution in [0.2, 0.25) is 0 Å². The molecule has 2 aromatic carbocycles. The summed E-state index contributed by atoms with van der Waals surface area (Å²) in [7, 11) is 1.82. The molecule has 3 aromatic rings. The third-order valence-electron chi connectivity index (χ3n) is 4.32. The zero-order chi connectivity index (χ0) is 17.2. The average Bonchev–Trinajstić information content (AvgIpc) is 3.13. The summed E-state index contributed by atoms with van der Waals surface area (Å²) in [5.41, 5.74) is 5.04. The van der Waals surface area contributed by atoms with E-state index in [1.807, 2.05) is 36.3 Å². The summed E-state index contributed by atoms with van der Waals surface area (Å²) >= 11 is 5.47. The quantitative estimate of drug-likeness (QED) is 0.721. The Labute approximate surface area is 151 Å². The number of nitrogens with zero attached hydrogens (tertiary/aromatic N) is 4. The molecule has 0 amide bonds. The molecule has 1 atom stereocenters.